The Labute approximate surface area is 95.0 Å². The second-order valence-corrected chi connectivity index (χ2v) is 3.88. The first kappa shape index (κ1) is 10.6. The molecule has 0 radical (unpaired) electrons. The fourth-order valence-corrected chi connectivity index (χ4v) is 1.63. The minimum Gasteiger partial charge on any atom is -0.298 e. The molecule has 1 aromatic carbocycles. The van der Waals surface area contributed by atoms with Gasteiger partial charge in [0.1, 0.15) is 6.29 Å². The Morgan fingerprint density at radius 1 is 1.06 bits per heavy atom. The summed E-state index contributed by atoms with van der Waals surface area (Å²) in [5.41, 5.74) is 4.91. The molecule has 0 saturated carbocycles. The first-order chi connectivity index (χ1) is 7.70. The molecule has 0 spiro atoms. The fraction of sp³-hybridized carbons (Fsp3) is 0.143. The molecule has 0 N–H and O–H groups in total. The van der Waals surface area contributed by atoms with Gasteiger partial charge in [-0.2, -0.15) is 0 Å². The van der Waals surface area contributed by atoms with Crippen molar-refractivity contribution in [1.29, 1.82) is 0 Å². The molecule has 2 nitrogen and oxygen atoms in total. The molecule has 2 heteroatoms. The molecular weight excluding hydrogens is 198 g/mol. The third-order valence-corrected chi connectivity index (χ3v) is 2.64. The number of hydrogen-bond acceptors (Lipinski definition) is 2. The summed E-state index contributed by atoms with van der Waals surface area (Å²) < 4.78 is 0. The number of carbonyl (C=O) groups is 1. The number of aldehydes is 1. The minimum absolute atomic E-state index is 0.740. The predicted molar refractivity (Wildman–Crippen MR) is 64.5 cm³/mol. The van der Waals surface area contributed by atoms with Crippen molar-refractivity contribution in [2.45, 2.75) is 13.8 Å². The van der Waals surface area contributed by atoms with Crippen LogP contribution in [0.1, 0.15) is 21.6 Å². The first-order valence-electron chi connectivity index (χ1n) is 5.19. The van der Waals surface area contributed by atoms with Gasteiger partial charge in [-0.25, -0.2) is 0 Å². The van der Waals surface area contributed by atoms with E-state index in [0.717, 1.165) is 34.2 Å². The monoisotopic (exact) mass is 211 g/mol. The molecule has 1 aromatic heterocycles. The van der Waals surface area contributed by atoms with Crippen molar-refractivity contribution in [2.75, 3.05) is 0 Å². The lowest BCUT2D eigenvalue weighted by Crippen LogP contribution is -1.88. The first-order valence-corrected chi connectivity index (χ1v) is 5.19. The molecule has 0 fully saturated rings. The standard InChI is InChI=1S/C14H13NO/c1-10-7-12(5-6-14(10)9-16)13-4-3-11(2)15-8-13/h3-9H,1-2H3. The largest absolute Gasteiger partial charge is 0.298 e. The highest BCUT2D eigenvalue weighted by molar-refractivity contribution is 5.79. The molecule has 0 aliphatic carbocycles. The van der Waals surface area contributed by atoms with E-state index in [1.165, 1.54) is 0 Å². The van der Waals surface area contributed by atoms with Crippen molar-refractivity contribution in [3.8, 4) is 11.1 Å². The summed E-state index contributed by atoms with van der Waals surface area (Å²) in [5, 5.41) is 0. The molecule has 0 amide bonds. The lowest BCUT2D eigenvalue weighted by Gasteiger charge is -2.04. The van der Waals surface area contributed by atoms with Crippen LogP contribution in [0.2, 0.25) is 0 Å². The van der Waals surface area contributed by atoms with Gasteiger partial charge >= 0.3 is 0 Å². The van der Waals surface area contributed by atoms with Crippen molar-refractivity contribution < 1.29 is 4.79 Å². The Balaban J connectivity index is 2.45. The van der Waals surface area contributed by atoms with Crippen LogP contribution in [0.5, 0.6) is 0 Å². The number of aromatic nitrogens is 1. The fourth-order valence-electron chi connectivity index (χ4n) is 1.63. The molecule has 1 heterocycles. The van der Waals surface area contributed by atoms with E-state index < -0.39 is 0 Å². The summed E-state index contributed by atoms with van der Waals surface area (Å²) >= 11 is 0. The third kappa shape index (κ3) is 2.01. The molecule has 0 atom stereocenters. The van der Waals surface area contributed by atoms with Crippen molar-refractivity contribution in [3.05, 3.63) is 53.3 Å². The van der Waals surface area contributed by atoms with E-state index in [9.17, 15) is 4.79 Å². The lowest BCUT2D eigenvalue weighted by atomic mass is 10.0. The van der Waals surface area contributed by atoms with Crippen molar-refractivity contribution >= 4 is 6.29 Å². The van der Waals surface area contributed by atoms with Gasteiger partial charge in [0.25, 0.3) is 0 Å². The lowest BCUT2D eigenvalue weighted by molar-refractivity contribution is 0.112. The van der Waals surface area contributed by atoms with Gasteiger partial charge in [-0.1, -0.05) is 24.3 Å². The molecule has 0 unspecified atom stereocenters. The summed E-state index contributed by atoms with van der Waals surface area (Å²) in [6, 6.07) is 9.83. The Bertz CT molecular complexity index is 515. The molecule has 0 saturated heterocycles. The summed E-state index contributed by atoms with van der Waals surface area (Å²) in [6.45, 7) is 3.90. The van der Waals surface area contributed by atoms with Gasteiger partial charge in [-0.15, -0.1) is 0 Å². The van der Waals surface area contributed by atoms with E-state index >= 15 is 0 Å². The van der Waals surface area contributed by atoms with Gasteiger partial charge in [0.15, 0.2) is 0 Å². The smallest absolute Gasteiger partial charge is 0.150 e. The Kier molecular flexibility index (Phi) is 2.82. The third-order valence-electron chi connectivity index (χ3n) is 2.64. The van der Waals surface area contributed by atoms with E-state index in [4.69, 9.17) is 0 Å². The maximum absolute atomic E-state index is 10.7. The molecule has 0 aliphatic rings. The molecule has 2 aromatic rings. The van der Waals surface area contributed by atoms with E-state index in [1.807, 2.05) is 50.4 Å². The zero-order chi connectivity index (χ0) is 11.5. The van der Waals surface area contributed by atoms with Crippen molar-refractivity contribution in [1.82, 2.24) is 4.98 Å². The number of benzene rings is 1. The van der Waals surface area contributed by atoms with Gasteiger partial charge in [-0.3, -0.25) is 9.78 Å². The average Bonchev–Trinajstić information content (AvgIpc) is 2.30. The van der Waals surface area contributed by atoms with Crippen LogP contribution in [0, 0.1) is 13.8 Å². The highest BCUT2D eigenvalue weighted by Crippen LogP contribution is 2.21. The summed E-state index contributed by atoms with van der Waals surface area (Å²) in [5.74, 6) is 0. The summed E-state index contributed by atoms with van der Waals surface area (Å²) in [7, 11) is 0. The molecule has 16 heavy (non-hydrogen) atoms. The summed E-state index contributed by atoms with van der Waals surface area (Å²) in [6.07, 6.45) is 2.73. The van der Waals surface area contributed by atoms with E-state index in [1.54, 1.807) is 0 Å². The van der Waals surface area contributed by atoms with E-state index in [-0.39, 0.29) is 0 Å². The second kappa shape index (κ2) is 4.27. The zero-order valence-corrected chi connectivity index (χ0v) is 9.40. The number of rotatable bonds is 2. The van der Waals surface area contributed by atoms with Gasteiger partial charge in [0.05, 0.1) is 0 Å². The van der Waals surface area contributed by atoms with E-state index in [0.29, 0.717) is 0 Å². The van der Waals surface area contributed by atoms with Crippen LogP contribution in [0.25, 0.3) is 11.1 Å². The summed E-state index contributed by atoms with van der Waals surface area (Å²) in [4.78, 5) is 15.0. The number of pyridine rings is 1. The van der Waals surface area contributed by atoms with Crippen LogP contribution in [-0.4, -0.2) is 11.3 Å². The van der Waals surface area contributed by atoms with Crippen molar-refractivity contribution in [3.63, 3.8) is 0 Å². The number of carbonyl (C=O) groups excluding carboxylic acids is 1. The van der Waals surface area contributed by atoms with Crippen LogP contribution in [0.3, 0.4) is 0 Å². The molecule has 2 rings (SSSR count). The maximum atomic E-state index is 10.7. The maximum Gasteiger partial charge on any atom is 0.150 e. The zero-order valence-electron chi connectivity index (χ0n) is 9.40. The Morgan fingerprint density at radius 3 is 2.38 bits per heavy atom. The van der Waals surface area contributed by atoms with Gasteiger partial charge in [0.2, 0.25) is 0 Å². The van der Waals surface area contributed by atoms with Crippen molar-refractivity contribution in [2.24, 2.45) is 0 Å². The van der Waals surface area contributed by atoms with Gasteiger partial charge in [-0.05, 0) is 31.0 Å². The topological polar surface area (TPSA) is 30.0 Å². The normalized spacial score (nSPS) is 10.1. The van der Waals surface area contributed by atoms with Gasteiger partial charge in [0, 0.05) is 23.0 Å². The quantitative estimate of drug-likeness (QED) is 0.714. The second-order valence-electron chi connectivity index (χ2n) is 3.88. The van der Waals surface area contributed by atoms with Crippen LogP contribution in [0.15, 0.2) is 36.5 Å². The highest BCUT2D eigenvalue weighted by atomic mass is 16.1. The molecule has 0 aliphatic heterocycles. The van der Waals surface area contributed by atoms with E-state index in [2.05, 4.69) is 4.98 Å². The molecular formula is C14H13NO. The number of hydrogen-bond donors (Lipinski definition) is 0. The van der Waals surface area contributed by atoms with Gasteiger partial charge < -0.3 is 0 Å². The highest BCUT2D eigenvalue weighted by Gasteiger charge is 2.01. The number of aryl methyl sites for hydroxylation is 2. The average molecular weight is 211 g/mol. The minimum atomic E-state index is 0.740. The number of nitrogens with zero attached hydrogens (tertiary/aromatic N) is 1. The van der Waals surface area contributed by atoms with Crippen LogP contribution < -0.4 is 0 Å². The Morgan fingerprint density at radius 2 is 1.81 bits per heavy atom. The SMILES string of the molecule is Cc1ccc(-c2ccc(C=O)c(C)c2)cn1. The van der Waals surface area contributed by atoms with Crippen LogP contribution >= 0.6 is 0 Å². The van der Waals surface area contributed by atoms with Crippen LogP contribution in [0.4, 0.5) is 0 Å². The Hall–Kier alpha value is -1.96. The molecule has 80 valence electrons. The molecule has 0 bridgehead atoms. The van der Waals surface area contributed by atoms with Crippen LogP contribution in [-0.2, 0) is 0 Å². The predicted octanol–water partition coefficient (Wildman–Crippen LogP) is 3.18.